The van der Waals surface area contributed by atoms with Gasteiger partial charge in [0.2, 0.25) is 5.89 Å². The van der Waals surface area contributed by atoms with E-state index in [0.717, 1.165) is 20.3 Å². The van der Waals surface area contributed by atoms with Gasteiger partial charge in [-0.2, -0.15) is 0 Å². The van der Waals surface area contributed by atoms with Crippen LogP contribution in [0.2, 0.25) is 0 Å². The van der Waals surface area contributed by atoms with E-state index in [2.05, 4.69) is 31.1 Å². The van der Waals surface area contributed by atoms with E-state index in [-0.39, 0.29) is 12.5 Å². The van der Waals surface area contributed by atoms with Crippen molar-refractivity contribution in [2.75, 3.05) is 0 Å². The van der Waals surface area contributed by atoms with Crippen LogP contribution in [0.15, 0.2) is 56.9 Å². The van der Waals surface area contributed by atoms with Crippen LogP contribution in [0.4, 0.5) is 0 Å². The summed E-state index contributed by atoms with van der Waals surface area (Å²) in [5.74, 6) is 0.151. The maximum absolute atomic E-state index is 12.2. The van der Waals surface area contributed by atoms with Crippen LogP contribution in [-0.4, -0.2) is 21.2 Å². The highest BCUT2D eigenvalue weighted by Gasteiger charge is 2.14. The number of carbonyl (C=O) groups excluding carboxylic acids is 1. The van der Waals surface area contributed by atoms with E-state index < -0.39 is 5.97 Å². The van der Waals surface area contributed by atoms with Crippen LogP contribution in [0, 0.1) is 0 Å². The molecule has 124 valence electrons. The third kappa shape index (κ3) is 3.31. The van der Waals surface area contributed by atoms with Gasteiger partial charge < -0.3 is 9.15 Å². The molecule has 0 bridgehead atoms. The second-order valence-electron chi connectivity index (χ2n) is 5.09. The van der Waals surface area contributed by atoms with E-state index in [0.29, 0.717) is 11.5 Å². The lowest BCUT2D eigenvalue weighted by molar-refractivity contribution is 0.0439. The fourth-order valence-electron chi connectivity index (χ4n) is 2.25. The summed E-state index contributed by atoms with van der Waals surface area (Å²) < 4.78 is 12.6. The molecule has 0 saturated carbocycles. The molecule has 0 fully saturated rings. The minimum Gasteiger partial charge on any atom is -0.452 e. The van der Waals surface area contributed by atoms with Crippen LogP contribution in [0.1, 0.15) is 16.2 Å². The highest BCUT2D eigenvalue weighted by atomic mass is 79.9. The fourth-order valence-corrected chi connectivity index (χ4v) is 3.42. The van der Waals surface area contributed by atoms with E-state index in [4.69, 9.17) is 9.15 Å². The number of ether oxygens (including phenoxy) is 1. The first kappa shape index (κ1) is 15.9. The quantitative estimate of drug-likeness (QED) is 0.457. The molecule has 0 aliphatic rings. The number of benzene rings is 2. The Morgan fingerprint density at radius 1 is 1.20 bits per heavy atom. The van der Waals surface area contributed by atoms with Crippen LogP contribution in [0.3, 0.4) is 0 Å². The molecule has 4 aromatic rings. The van der Waals surface area contributed by atoms with Gasteiger partial charge in [-0.3, -0.25) is 0 Å². The van der Waals surface area contributed by atoms with Crippen LogP contribution >= 0.6 is 27.3 Å². The molecule has 0 N–H and O–H groups in total. The van der Waals surface area contributed by atoms with E-state index in [1.54, 1.807) is 23.7 Å². The molecule has 0 amide bonds. The second-order valence-corrected chi connectivity index (χ2v) is 6.83. The van der Waals surface area contributed by atoms with Crippen molar-refractivity contribution >= 4 is 43.5 Å². The molecule has 2 aromatic heterocycles. The summed E-state index contributed by atoms with van der Waals surface area (Å²) in [5, 5.41) is 7.91. The lowest BCUT2D eigenvalue weighted by Gasteiger charge is -2.02. The molecule has 0 unspecified atom stereocenters. The number of fused-ring (bicyclic) bond motifs is 1. The van der Waals surface area contributed by atoms with Gasteiger partial charge in [0, 0.05) is 4.47 Å². The minimum atomic E-state index is -0.448. The molecule has 25 heavy (non-hydrogen) atoms. The van der Waals surface area contributed by atoms with Crippen molar-refractivity contribution in [3.05, 3.63) is 63.9 Å². The second kappa shape index (κ2) is 6.73. The Morgan fingerprint density at radius 2 is 2.08 bits per heavy atom. The van der Waals surface area contributed by atoms with Crippen molar-refractivity contribution in [3.8, 4) is 11.5 Å². The number of aromatic nitrogens is 3. The van der Waals surface area contributed by atoms with Crippen LogP contribution < -0.4 is 0 Å². The zero-order chi connectivity index (χ0) is 17.2. The molecule has 0 aliphatic heterocycles. The predicted molar refractivity (Wildman–Crippen MR) is 96.2 cm³/mol. The first-order valence-electron chi connectivity index (χ1n) is 7.28. The molecule has 0 atom stereocenters. The highest BCUT2D eigenvalue weighted by Crippen LogP contribution is 2.27. The molecule has 8 heteroatoms. The normalized spacial score (nSPS) is 10.9. The van der Waals surface area contributed by atoms with Crippen LogP contribution in [0.25, 0.3) is 21.7 Å². The summed E-state index contributed by atoms with van der Waals surface area (Å²) in [7, 11) is 0. The summed E-state index contributed by atoms with van der Waals surface area (Å²) in [6, 6.07) is 12.7. The number of rotatable bonds is 4. The summed E-state index contributed by atoms with van der Waals surface area (Å²) in [4.78, 5) is 16.4. The summed E-state index contributed by atoms with van der Waals surface area (Å²) >= 11 is 4.91. The number of nitrogens with zero attached hydrogens (tertiary/aromatic N) is 3. The van der Waals surface area contributed by atoms with Crippen molar-refractivity contribution in [2.45, 2.75) is 6.61 Å². The monoisotopic (exact) mass is 415 g/mol. The molecule has 0 saturated heterocycles. The third-order valence-electron chi connectivity index (χ3n) is 3.46. The molecule has 4 rings (SSSR count). The average molecular weight is 416 g/mol. The van der Waals surface area contributed by atoms with Crippen LogP contribution in [-0.2, 0) is 11.3 Å². The Morgan fingerprint density at radius 3 is 2.96 bits per heavy atom. The first-order valence-corrected chi connectivity index (χ1v) is 8.95. The topological polar surface area (TPSA) is 78.1 Å². The van der Waals surface area contributed by atoms with Gasteiger partial charge in [0.05, 0.1) is 26.9 Å². The highest BCUT2D eigenvalue weighted by molar-refractivity contribution is 9.10. The Hall–Kier alpha value is -2.58. The van der Waals surface area contributed by atoms with Crippen molar-refractivity contribution in [1.82, 2.24) is 15.2 Å². The largest absolute Gasteiger partial charge is 0.452 e. The Bertz CT molecular complexity index is 1060. The summed E-state index contributed by atoms with van der Waals surface area (Å²) in [6.07, 6.45) is 0. The van der Waals surface area contributed by atoms with E-state index in [1.165, 1.54) is 11.3 Å². The van der Waals surface area contributed by atoms with Crippen molar-refractivity contribution in [3.63, 3.8) is 0 Å². The van der Waals surface area contributed by atoms with Gasteiger partial charge in [0.25, 0.3) is 5.89 Å². The molecular formula is C17H10BrN3O3S. The zero-order valence-corrected chi connectivity index (χ0v) is 15.1. The lowest BCUT2D eigenvalue weighted by Crippen LogP contribution is -2.05. The van der Waals surface area contributed by atoms with Gasteiger partial charge in [0.1, 0.15) is 0 Å². The standard InChI is InChI=1S/C17H10BrN3O3S/c18-12-4-2-1-3-11(12)16-21-20-15(24-16)8-23-17(22)10-5-6-13-14(7-10)25-9-19-13/h1-7,9H,8H2. The lowest BCUT2D eigenvalue weighted by atomic mass is 10.2. The number of halogens is 1. The van der Waals surface area contributed by atoms with Crippen LogP contribution in [0.5, 0.6) is 0 Å². The van der Waals surface area contributed by atoms with Gasteiger partial charge in [0.15, 0.2) is 6.61 Å². The smallest absolute Gasteiger partial charge is 0.338 e. The maximum atomic E-state index is 12.2. The van der Waals surface area contributed by atoms with Crippen molar-refractivity contribution < 1.29 is 13.9 Å². The number of esters is 1. The number of carbonyl (C=O) groups is 1. The van der Waals surface area contributed by atoms with Gasteiger partial charge in [-0.1, -0.05) is 12.1 Å². The molecule has 2 aromatic carbocycles. The van der Waals surface area contributed by atoms with E-state index in [1.807, 2.05) is 24.3 Å². The molecule has 0 aliphatic carbocycles. The fraction of sp³-hybridized carbons (Fsp3) is 0.0588. The Kier molecular flexibility index (Phi) is 4.29. The minimum absolute atomic E-state index is 0.0863. The number of thiazole rings is 1. The van der Waals surface area contributed by atoms with Gasteiger partial charge in [-0.25, -0.2) is 9.78 Å². The molecule has 6 nitrogen and oxygen atoms in total. The number of hydrogen-bond donors (Lipinski definition) is 0. The van der Waals surface area contributed by atoms with Gasteiger partial charge in [-0.15, -0.1) is 21.5 Å². The molecule has 0 spiro atoms. The summed E-state index contributed by atoms with van der Waals surface area (Å²) in [6.45, 7) is -0.0863. The average Bonchev–Trinajstić information content (AvgIpc) is 3.28. The van der Waals surface area contributed by atoms with E-state index >= 15 is 0 Å². The maximum Gasteiger partial charge on any atom is 0.338 e. The predicted octanol–water partition coefficient (Wildman–Crippen LogP) is 4.47. The first-order chi connectivity index (χ1) is 12.2. The molecule has 0 radical (unpaired) electrons. The zero-order valence-electron chi connectivity index (χ0n) is 12.7. The molecule has 2 heterocycles. The SMILES string of the molecule is O=C(OCc1nnc(-c2ccccc2Br)o1)c1ccc2ncsc2c1. The Labute approximate surface area is 154 Å². The van der Waals surface area contributed by atoms with E-state index in [9.17, 15) is 4.79 Å². The molecular weight excluding hydrogens is 406 g/mol. The van der Waals surface area contributed by atoms with Gasteiger partial charge in [-0.05, 0) is 46.3 Å². The number of hydrogen-bond acceptors (Lipinski definition) is 7. The van der Waals surface area contributed by atoms with Crippen molar-refractivity contribution in [2.24, 2.45) is 0 Å². The van der Waals surface area contributed by atoms with Gasteiger partial charge >= 0.3 is 5.97 Å². The van der Waals surface area contributed by atoms with Crippen molar-refractivity contribution in [1.29, 1.82) is 0 Å². The Balaban J connectivity index is 1.46. The third-order valence-corrected chi connectivity index (χ3v) is 4.95. The summed E-state index contributed by atoms with van der Waals surface area (Å²) in [5.41, 5.74) is 3.84.